The molecule has 7 nitrogen and oxygen atoms in total. The predicted octanol–water partition coefficient (Wildman–Crippen LogP) is 4.02. The molecule has 1 aromatic heterocycles. The molecule has 31 heavy (non-hydrogen) atoms. The summed E-state index contributed by atoms with van der Waals surface area (Å²) in [4.78, 5) is 16.4. The van der Waals surface area contributed by atoms with Crippen LogP contribution in [0.15, 0.2) is 53.7 Å². The Balaban J connectivity index is 1.65. The highest BCUT2D eigenvalue weighted by Crippen LogP contribution is 2.37. The van der Waals surface area contributed by atoms with Crippen molar-refractivity contribution in [3.63, 3.8) is 0 Å². The topological polar surface area (TPSA) is 97.4 Å². The number of carbonyl (C=O) groups is 1. The number of anilines is 1. The molecule has 3 unspecified atom stereocenters. The van der Waals surface area contributed by atoms with Gasteiger partial charge in [0.25, 0.3) is 0 Å². The van der Waals surface area contributed by atoms with Crippen LogP contribution < -0.4 is 10.6 Å². The van der Waals surface area contributed by atoms with Gasteiger partial charge in [-0.2, -0.15) is 0 Å². The molecule has 2 aromatic rings. The second-order valence-corrected chi connectivity index (χ2v) is 10.5. The van der Waals surface area contributed by atoms with E-state index in [2.05, 4.69) is 29.5 Å². The first-order valence-electron chi connectivity index (χ1n) is 10.6. The van der Waals surface area contributed by atoms with Crippen LogP contribution in [0.4, 0.5) is 10.5 Å². The number of hydrogen-bond donors (Lipinski definition) is 2. The van der Waals surface area contributed by atoms with Crippen molar-refractivity contribution >= 4 is 21.6 Å². The van der Waals surface area contributed by atoms with Gasteiger partial charge >= 0.3 is 6.03 Å². The Labute approximate surface area is 184 Å². The van der Waals surface area contributed by atoms with Crippen LogP contribution in [-0.2, 0) is 21.1 Å². The summed E-state index contributed by atoms with van der Waals surface area (Å²) in [5.41, 5.74) is 1.41. The molecule has 3 rings (SSSR count). The number of amides is 2. The van der Waals surface area contributed by atoms with Crippen molar-refractivity contribution in [2.75, 3.05) is 12.4 Å². The lowest BCUT2D eigenvalue weighted by Gasteiger charge is -2.36. The molecular formula is C23H31N3O4S. The second kappa shape index (κ2) is 10.2. The van der Waals surface area contributed by atoms with E-state index in [1.54, 1.807) is 49.8 Å². The number of ether oxygens (including phenoxy) is 1. The Bertz CT molecular complexity index is 962. The summed E-state index contributed by atoms with van der Waals surface area (Å²) in [7, 11) is -1.96. The first-order chi connectivity index (χ1) is 14.8. The molecule has 0 radical (unpaired) electrons. The van der Waals surface area contributed by atoms with E-state index in [0.717, 1.165) is 18.4 Å². The van der Waals surface area contributed by atoms with E-state index in [-0.39, 0.29) is 17.0 Å². The van der Waals surface area contributed by atoms with Crippen LogP contribution in [0.5, 0.6) is 0 Å². The number of carbonyl (C=O) groups excluding carboxylic acids is 1. The molecule has 2 N–H and O–H groups in total. The van der Waals surface area contributed by atoms with Gasteiger partial charge < -0.3 is 15.4 Å². The second-order valence-electron chi connectivity index (χ2n) is 8.37. The van der Waals surface area contributed by atoms with Crippen LogP contribution in [0.2, 0.25) is 0 Å². The third-order valence-corrected chi connectivity index (χ3v) is 8.25. The van der Waals surface area contributed by atoms with Crippen LogP contribution in [0.1, 0.15) is 38.7 Å². The van der Waals surface area contributed by atoms with Gasteiger partial charge in [0.2, 0.25) is 0 Å². The Kier molecular flexibility index (Phi) is 7.67. The number of benzene rings is 1. The summed E-state index contributed by atoms with van der Waals surface area (Å²) in [6.07, 6.45) is 5.40. The van der Waals surface area contributed by atoms with Crippen LogP contribution in [0.3, 0.4) is 0 Å². The van der Waals surface area contributed by atoms with Gasteiger partial charge in [-0.3, -0.25) is 4.98 Å². The van der Waals surface area contributed by atoms with Crippen molar-refractivity contribution in [1.82, 2.24) is 10.3 Å². The largest absolute Gasteiger partial charge is 0.380 e. The molecule has 1 aromatic carbocycles. The fourth-order valence-electron chi connectivity index (χ4n) is 4.10. The highest BCUT2D eigenvalue weighted by molar-refractivity contribution is 7.92. The molecule has 8 heteroatoms. The summed E-state index contributed by atoms with van der Waals surface area (Å²) in [5.74, 6) is 0.808. The Hall–Kier alpha value is -2.45. The highest BCUT2D eigenvalue weighted by Gasteiger charge is 2.40. The molecule has 1 aliphatic rings. The number of methoxy groups -OCH3 is 1. The fourth-order valence-corrected chi connectivity index (χ4v) is 6.11. The summed E-state index contributed by atoms with van der Waals surface area (Å²) in [5, 5.41) is 4.91. The zero-order chi connectivity index (χ0) is 22.4. The van der Waals surface area contributed by atoms with E-state index in [0.29, 0.717) is 30.5 Å². The number of nitrogens with zero attached hydrogens (tertiary/aromatic N) is 1. The van der Waals surface area contributed by atoms with Gasteiger partial charge in [0.05, 0.1) is 16.2 Å². The van der Waals surface area contributed by atoms with Crippen molar-refractivity contribution < 1.29 is 17.9 Å². The molecule has 2 amide bonds. The minimum atomic E-state index is -3.54. The normalized spacial score (nSPS) is 21.6. The van der Waals surface area contributed by atoms with Crippen molar-refractivity contribution in [1.29, 1.82) is 0 Å². The van der Waals surface area contributed by atoms with Gasteiger partial charge in [0.15, 0.2) is 9.84 Å². The number of rotatable bonds is 7. The maximum absolute atomic E-state index is 13.3. The summed E-state index contributed by atoms with van der Waals surface area (Å²) < 4.78 is 32.2. The van der Waals surface area contributed by atoms with Crippen LogP contribution >= 0.6 is 0 Å². The Morgan fingerprint density at radius 2 is 1.94 bits per heavy atom. The van der Waals surface area contributed by atoms with E-state index >= 15 is 0 Å². The molecule has 0 aliphatic heterocycles. The minimum absolute atomic E-state index is 0.255. The van der Waals surface area contributed by atoms with E-state index in [1.807, 2.05) is 6.07 Å². The first kappa shape index (κ1) is 23.2. The zero-order valence-electron chi connectivity index (χ0n) is 18.2. The quantitative estimate of drug-likeness (QED) is 0.671. The monoisotopic (exact) mass is 445 g/mol. The van der Waals surface area contributed by atoms with Crippen LogP contribution in [0, 0.1) is 11.8 Å². The average Bonchev–Trinajstić information content (AvgIpc) is 2.78. The van der Waals surface area contributed by atoms with Crippen molar-refractivity contribution in [2.24, 2.45) is 11.8 Å². The van der Waals surface area contributed by atoms with Gasteiger partial charge in [-0.25, -0.2) is 13.2 Å². The first-order valence-corrected chi connectivity index (χ1v) is 12.2. The number of aromatic nitrogens is 1. The highest BCUT2D eigenvalue weighted by atomic mass is 32.2. The van der Waals surface area contributed by atoms with Gasteiger partial charge in [-0.05, 0) is 67.0 Å². The molecule has 0 spiro atoms. The SMILES string of the molecule is COC1CCC(C(C)C)CC1S(=O)(=O)c1ccc(NC(=O)NCc2cccnc2)cc1. The molecule has 0 bridgehead atoms. The molecular weight excluding hydrogens is 414 g/mol. The van der Waals surface area contributed by atoms with Gasteiger partial charge in [0.1, 0.15) is 0 Å². The smallest absolute Gasteiger partial charge is 0.319 e. The minimum Gasteiger partial charge on any atom is -0.380 e. The number of pyridine rings is 1. The van der Waals surface area contributed by atoms with E-state index < -0.39 is 15.1 Å². The zero-order valence-corrected chi connectivity index (χ0v) is 19.1. The standard InChI is InChI=1S/C23H31N3O4S/c1-16(2)18-6-11-21(30-3)22(13-18)31(28,29)20-9-7-19(8-10-20)26-23(27)25-15-17-5-4-12-24-14-17/h4-5,7-10,12,14,16,18,21-22H,6,11,13,15H2,1-3H3,(H2,25,26,27). The lowest BCUT2D eigenvalue weighted by Crippen LogP contribution is -2.42. The van der Waals surface area contributed by atoms with E-state index in [1.165, 1.54) is 0 Å². The van der Waals surface area contributed by atoms with E-state index in [4.69, 9.17) is 4.74 Å². The summed E-state index contributed by atoms with van der Waals surface area (Å²) in [6, 6.07) is 9.64. The number of hydrogen-bond acceptors (Lipinski definition) is 5. The molecule has 168 valence electrons. The van der Waals surface area contributed by atoms with Crippen molar-refractivity contribution in [2.45, 2.75) is 55.9 Å². The average molecular weight is 446 g/mol. The molecule has 1 saturated carbocycles. The maximum atomic E-state index is 13.3. The summed E-state index contributed by atoms with van der Waals surface area (Å²) in [6.45, 7) is 4.63. The molecule has 3 atom stereocenters. The lowest BCUT2D eigenvalue weighted by atomic mass is 9.80. The predicted molar refractivity (Wildman–Crippen MR) is 120 cm³/mol. The molecule has 1 fully saturated rings. The molecule has 1 heterocycles. The third-order valence-electron chi connectivity index (χ3n) is 6.03. The fraction of sp³-hybridized carbons (Fsp3) is 0.478. The number of sulfone groups is 1. The Morgan fingerprint density at radius 3 is 2.55 bits per heavy atom. The summed E-state index contributed by atoms with van der Waals surface area (Å²) >= 11 is 0. The third kappa shape index (κ3) is 5.83. The van der Waals surface area contributed by atoms with Gasteiger partial charge in [0, 0.05) is 31.7 Å². The van der Waals surface area contributed by atoms with Gasteiger partial charge in [-0.15, -0.1) is 0 Å². The lowest BCUT2D eigenvalue weighted by molar-refractivity contribution is 0.0526. The van der Waals surface area contributed by atoms with E-state index in [9.17, 15) is 13.2 Å². The molecule has 0 saturated heterocycles. The van der Waals surface area contributed by atoms with Gasteiger partial charge in [-0.1, -0.05) is 19.9 Å². The van der Waals surface area contributed by atoms with Crippen LogP contribution in [-0.4, -0.2) is 37.9 Å². The Morgan fingerprint density at radius 1 is 1.19 bits per heavy atom. The number of nitrogens with one attached hydrogen (secondary N) is 2. The molecule has 1 aliphatic carbocycles. The van der Waals surface area contributed by atoms with Crippen molar-refractivity contribution in [3.05, 3.63) is 54.4 Å². The maximum Gasteiger partial charge on any atom is 0.319 e. The van der Waals surface area contributed by atoms with Crippen molar-refractivity contribution in [3.8, 4) is 0 Å². The number of urea groups is 1. The van der Waals surface area contributed by atoms with Crippen LogP contribution in [0.25, 0.3) is 0 Å².